The molecular formula is C50H40BBrN2O8. The van der Waals surface area contributed by atoms with Gasteiger partial charge in [0.2, 0.25) is 0 Å². The maximum atomic E-state index is 12.9. The molecule has 0 aliphatic carbocycles. The second-order valence-corrected chi connectivity index (χ2v) is 16.3. The van der Waals surface area contributed by atoms with Crippen molar-refractivity contribution in [1.82, 2.24) is 0 Å². The summed E-state index contributed by atoms with van der Waals surface area (Å²) in [6, 6.07) is 41.1. The number of rotatable bonds is 4. The van der Waals surface area contributed by atoms with Gasteiger partial charge in [-0.15, -0.1) is 0 Å². The van der Waals surface area contributed by atoms with Crippen molar-refractivity contribution >= 4 is 51.5 Å². The van der Waals surface area contributed by atoms with E-state index in [1.165, 1.54) is 17.2 Å². The molecule has 6 aromatic rings. The van der Waals surface area contributed by atoms with Gasteiger partial charge in [-0.25, -0.2) is 9.69 Å². The van der Waals surface area contributed by atoms with Gasteiger partial charge in [-0.2, -0.15) is 0 Å². The van der Waals surface area contributed by atoms with E-state index in [9.17, 15) is 9.59 Å². The minimum atomic E-state index is -1.49. The van der Waals surface area contributed by atoms with E-state index in [-0.39, 0.29) is 35.6 Å². The number of carbonyl (C=O) groups is 2. The third kappa shape index (κ3) is 9.59. The quantitative estimate of drug-likeness (QED) is 0.133. The highest BCUT2D eigenvalue weighted by Gasteiger charge is 2.36. The first-order valence-electron chi connectivity index (χ1n) is 20.2. The van der Waals surface area contributed by atoms with Crippen molar-refractivity contribution < 1.29 is 38.6 Å². The fourth-order valence-corrected chi connectivity index (χ4v) is 8.43. The summed E-state index contributed by atoms with van der Waals surface area (Å²) >= 11 is 3.40. The number of ketones is 2. The fourth-order valence-electron chi connectivity index (χ4n) is 8.06. The van der Waals surface area contributed by atoms with Gasteiger partial charge < -0.3 is 29.0 Å². The van der Waals surface area contributed by atoms with Crippen LogP contribution in [0.15, 0.2) is 138 Å². The number of Topliss-reactive ketones (excluding diaryl/α,β-unsaturated/α-hetero) is 2. The van der Waals surface area contributed by atoms with Crippen LogP contribution in [0.25, 0.3) is 20.8 Å². The van der Waals surface area contributed by atoms with Crippen molar-refractivity contribution in [2.45, 2.75) is 37.9 Å². The van der Waals surface area contributed by atoms with Gasteiger partial charge in [-0.05, 0) is 89.1 Å². The number of hydrogen-bond acceptors (Lipinski definition) is 8. The summed E-state index contributed by atoms with van der Waals surface area (Å²) in [4.78, 5) is 31.9. The number of para-hydroxylation sites is 2. The lowest BCUT2D eigenvalue weighted by molar-refractivity contribution is 0.0558. The molecule has 0 fully saturated rings. The maximum absolute atomic E-state index is 12.9. The molecule has 62 heavy (non-hydrogen) atoms. The Balaban J connectivity index is 0.000000141. The molecule has 0 radical (unpaired) electrons. The molecule has 10 nitrogen and oxygen atoms in total. The lowest BCUT2D eigenvalue weighted by Crippen LogP contribution is -2.39. The van der Waals surface area contributed by atoms with Gasteiger partial charge in [0.15, 0.2) is 22.9 Å². The van der Waals surface area contributed by atoms with Gasteiger partial charge in [0.1, 0.15) is 35.2 Å². The fraction of sp³-hybridized carbons (Fsp3) is 0.200. The molecule has 0 bridgehead atoms. The Hall–Kier alpha value is -6.70. The zero-order valence-corrected chi connectivity index (χ0v) is 35.0. The highest BCUT2D eigenvalue weighted by atomic mass is 79.9. The molecule has 4 heterocycles. The summed E-state index contributed by atoms with van der Waals surface area (Å²) in [6.07, 6.45) is 2.22. The van der Waals surface area contributed by atoms with Crippen LogP contribution in [0.3, 0.4) is 0 Å². The van der Waals surface area contributed by atoms with E-state index < -0.39 is 7.12 Å². The zero-order valence-electron chi connectivity index (χ0n) is 33.4. The Morgan fingerprint density at radius 3 is 1.65 bits per heavy atom. The van der Waals surface area contributed by atoms with Crippen molar-refractivity contribution in [1.29, 1.82) is 0 Å². The summed E-state index contributed by atoms with van der Waals surface area (Å²) < 4.78 is 25.0. The maximum Gasteiger partial charge on any atom is 0.487 e. The van der Waals surface area contributed by atoms with Crippen LogP contribution < -0.4 is 24.4 Å². The van der Waals surface area contributed by atoms with Crippen LogP contribution in [-0.2, 0) is 12.8 Å². The average Bonchev–Trinajstić information content (AvgIpc) is 3.31. The zero-order chi connectivity index (χ0) is 43.2. The molecule has 308 valence electrons. The Labute approximate surface area is 368 Å². The van der Waals surface area contributed by atoms with Gasteiger partial charge in [0.05, 0.1) is 37.5 Å². The molecule has 4 aliphatic heterocycles. The van der Waals surface area contributed by atoms with E-state index in [1.54, 1.807) is 24.3 Å². The molecular weight excluding hydrogens is 847 g/mol. The largest absolute Gasteiger partial charge is 0.493 e. The van der Waals surface area contributed by atoms with Crippen LogP contribution in [0.5, 0.6) is 23.0 Å². The smallest absolute Gasteiger partial charge is 0.487 e. The van der Waals surface area contributed by atoms with Crippen molar-refractivity contribution in [3.05, 3.63) is 183 Å². The Morgan fingerprint density at radius 2 is 1.06 bits per heavy atom. The first-order valence-corrected chi connectivity index (χ1v) is 21.0. The van der Waals surface area contributed by atoms with Crippen LogP contribution in [0, 0.1) is 25.0 Å². The summed E-state index contributed by atoms with van der Waals surface area (Å²) in [5.74, 6) is 3.79. The summed E-state index contributed by atoms with van der Waals surface area (Å²) in [6.45, 7) is 15.0. The van der Waals surface area contributed by atoms with E-state index in [4.69, 9.17) is 42.1 Å². The summed E-state index contributed by atoms with van der Waals surface area (Å²) in [5, 5.41) is 17.4. The number of ether oxygens (including phenoxy) is 4. The number of nitrogens with zero attached hydrogens (tertiary/aromatic N) is 2. The molecule has 0 aromatic heterocycles. The molecule has 10 rings (SSSR count). The summed E-state index contributed by atoms with van der Waals surface area (Å²) in [5.41, 5.74) is 6.83. The van der Waals surface area contributed by atoms with Crippen molar-refractivity contribution in [2.24, 2.45) is 11.8 Å². The van der Waals surface area contributed by atoms with Crippen molar-refractivity contribution in [3.8, 4) is 34.1 Å². The van der Waals surface area contributed by atoms with Gasteiger partial charge in [0.25, 0.3) is 0 Å². The third-order valence-corrected chi connectivity index (χ3v) is 11.8. The lowest BCUT2D eigenvalue weighted by atomic mass is 9.80. The number of benzene rings is 6. The van der Waals surface area contributed by atoms with Gasteiger partial charge in [-0.3, -0.25) is 9.59 Å². The molecule has 0 saturated carbocycles. The van der Waals surface area contributed by atoms with Crippen LogP contribution in [0.1, 0.15) is 44.7 Å². The Kier molecular flexibility index (Phi) is 12.8. The van der Waals surface area contributed by atoms with Gasteiger partial charge in [0, 0.05) is 29.2 Å². The average molecular weight is 888 g/mol. The third-order valence-electron chi connectivity index (χ3n) is 11.3. The highest BCUT2D eigenvalue weighted by molar-refractivity contribution is 9.10. The van der Waals surface area contributed by atoms with Crippen molar-refractivity contribution in [3.63, 3.8) is 0 Å². The predicted molar refractivity (Wildman–Crippen MR) is 240 cm³/mol. The van der Waals surface area contributed by atoms with Gasteiger partial charge >= 0.3 is 7.12 Å². The number of fused-ring (bicyclic) bond motifs is 4. The van der Waals surface area contributed by atoms with Crippen molar-refractivity contribution in [2.75, 3.05) is 13.2 Å². The molecule has 0 amide bonds. The normalized spacial score (nSPS) is 19.0. The Morgan fingerprint density at radius 1 is 0.548 bits per heavy atom. The number of carbonyl (C=O) groups excluding carboxylic acids is 2. The molecule has 2 N–H and O–H groups in total. The summed E-state index contributed by atoms with van der Waals surface area (Å²) in [7, 11) is -1.49. The lowest BCUT2D eigenvalue weighted by Gasteiger charge is -2.34. The molecule has 4 unspecified atom stereocenters. The molecule has 0 spiro atoms. The first kappa shape index (κ1) is 42.0. The number of halogens is 1. The van der Waals surface area contributed by atoms with Gasteiger partial charge in [-0.1, -0.05) is 101 Å². The Bertz CT molecular complexity index is 2730. The van der Waals surface area contributed by atoms with Crippen LogP contribution in [0.4, 0.5) is 11.4 Å². The minimum Gasteiger partial charge on any atom is -0.493 e. The predicted octanol–water partition coefficient (Wildman–Crippen LogP) is 9.44. The van der Waals surface area contributed by atoms with Crippen LogP contribution in [0.2, 0.25) is 0 Å². The van der Waals surface area contributed by atoms with E-state index in [2.05, 4.69) is 37.8 Å². The molecule has 4 aliphatic rings. The topological polar surface area (TPSA) is 120 Å². The van der Waals surface area contributed by atoms with Crippen LogP contribution in [-0.4, -0.2) is 54.2 Å². The van der Waals surface area contributed by atoms with E-state index in [0.717, 1.165) is 39.9 Å². The second kappa shape index (κ2) is 18.9. The highest BCUT2D eigenvalue weighted by Crippen LogP contribution is 2.39. The number of hydrogen-bond donors (Lipinski definition) is 2. The molecule has 6 aromatic carbocycles. The molecule has 0 saturated heterocycles. The minimum absolute atomic E-state index is 0.0956. The second-order valence-electron chi connectivity index (χ2n) is 15.4. The first-order chi connectivity index (χ1) is 30.1. The monoisotopic (exact) mass is 886 g/mol. The SMILES string of the molecule is O=C1CC(C2COc3ccccc3C2)Oc2ccc(Br)cc21.[C-]#[N+]c1cccc(-c2ccc3c(c2)C(=O)CC(C2COc4ccccc4C2)O3)c1.[C-]#[N+]c1cccc(B(O)O)c1. The molecule has 12 heteroatoms. The van der Waals surface area contributed by atoms with E-state index in [1.807, 2.05) is 91.0 Å². The standard InChI is InChI=1S/C25H19NO3.C18H15BrO3.C7H6BNO2/c1-26-20-7-4-6-16(12-20)17-9-10-24-21(13-17)22(27)14-25(29-24)19-11-18-5-2-3-8-23(18)28-15-19;19-13-5-6-17-14(8-13)15(20)9-18(22-17)12-7-11-3-1-2-4-16(11)21-10-12;1-9-7-4-2-3-6(5-7)8(10)11/h2-10,12-13,19,25H,11,14-15H2;1-6,8,12,18H,7,9-10H2;2-5,10-11H. The molecule has 4 atom stereocenters. The van der Waals surface area contributed by atoms with Crippen LogP contribution >= 0.6 is 15.9 Å². The van der Waals surface area contributed by atoms with E-state index in [0.29, 0.717) is 65.5 Å². The van der Waals surface area contributed by atoms with E-state index >= 15 is 0 Å².